The van der Waals surface area contributed by atoms with E-state index in [1.54, 1.807) is 0 Å². The van der Waals surface area contributed by atoms with Gasteiger partial charge in [0.25, 0.3) is 0 Å². The summed E-state index contributed by atoms with van der Waals surface area (Å²) in [5.74, 6) is 4.32. The third kappa shape index (κ3) is 2.53. The second-order valence-electron chi connectivity index (χ2n) is 4.38. The molecule has 92 valence electrons. The Bertz CT molecular complexity index is 391. The summed E-state index contributed by atoms with van der Waals surface area (Å²) in [4.78, 5) is 0. The zero-order valence-corrected chi connectivity index (χ0v) is 10.6. The number of fused-ring (bicyclic) bond motifs is 1. The van der Waals surface area contributed by atoms with Gasteiger partial charge in [0.15, 0.2) is 11.5 Å². The molecular formula is C13H17NO2S. The van der Waals surface area contributed by atoms with Gasteiger partial charge in [0, 0.05) is 23.9 Å². The molecule has 2 heterocycles. The Balaban J connectivity index is 1.69. The van der Waals surface area contributed by atoms with Gasteiger partial charge < -0.3 is 14.8 Å². The molecule has 17 heavy (non-hydrogen) atoms. The minimum Gasteiger partial charge on any atom is -0.486 e. The van der Waals surface area contributed by atoms with Crippen LogP contribution < -0.4 is 14.8 Å². The highest BCUT2D eigenvalue weighted by atomic mass is 32.2. The summed E-state index contributed by atoms with van der Waals surface area (Å²) in [7, 11) is 0. The Kier molecular flexibility index (Phi) is 3.43. The molecule has 2 aliphatic heterocycles. The van der Waals surface area contributed by atoms with Gasteiger partial charge in [-0.25, -0.2) is 0 Å². The minimum atomic E-state index is 0.653. The largest absolute Gasteiger partial charge is 0.486 e. The topological polar surface area (TPSA) is 30.5 Å². The van der Waals surface area contributed by atoms with Crippen molar-refractivity contribution in [3.8, 4) is 11.5 Å². The maximum atomic E-state index is 5.70. The second-order valence-corrected chi connectivity index (χ2v) is 5.53. The maximum Gasteiger partial charge on any atom is 0.165 e. The average molecular weight is 251 g/mol. The average Bonchev–Trinajstić information content (AvgIpc) is 2.89. The van der Waals surface area contributed by atoms with Crippen molar-refractivity contribution in [1.29, 1.82) is 0 Å². The molecule has 3 rings (SSSR count). The maximum absolute atomic E-state index is 5.70. The van der Waals surface area contributed by atoms with E-state index in [4.69, 9.17) is 9.47 Å². The van der Waals surface area contributed by atoms with Crippen molar-refractivity contribution in [2.24, 2.45) is 0 Å². The summed E-state index contributed by atoms with van der Waals surface area (Å²) in [5.41, 5.74) is 1.21. The van der Waals surface area contributed by atoms with Gasteiger partial charge in [-0.3, -0.25) is 0 Å². The quantitative estimate of drug-likeness (QED) is 0.890. The van der Waals surface area contributed by atoms with Crippen LogP contribution in [0.4, 0.5) is 0 Å². The van der Waals surface area contributed by atoms with Crippen LogP contribution in [0.25, 0.3) is 0 Å². The lowest BCUT2D eigenvalue weighted by atomic mass is 10.1. The van der Waals surface area contributed by atoms with Gasteiger partial charge in [0.05, 0.1) is 0 Å². The van der Waals surface area contributed by atoms with E-state index < -0.39 is 0 Å². The molecular weight excluding hydrogens is 234 g/mol. The molecule has 1 unspecified atom stereocenters. The highest BCUT2D eigenvalue weighted by Crippen LogP contribution is 2.33. The van der Waals surface area contributed by atoms with Crippen LogP contribution in [0.15, 0.2) is 18.2 Å². The van der Waals surface area contributed by atoms with Crippen LogP contribution in [0, 0.1) is 0 Å². The molecule has 1 N–H and O–H groups in total. The predicted molar refractivity (Wildman–Crippen MR) is 70.0 cm³/mol. The van der Waals surface area contributed by atoms with Crippen molar-refractivity contribution < 1.29 is 9.47 Å². The lowest BCUT2D eigenvalue weighted by Crippen LogP contribution is -2.28. The highest BCUT2D eigenvalue weighted by Gasteiger charge is 2.18. The Morgan fingerprint density at radius 3 is 3.12 bits per heavy atom. The first-order valence-corrected chi connectivity index (χ1v) is 7.27. The lowest BCUT2D eigenvalue weighted by Gasteiger charge is -2.21. The molecule has 4 heteroatoms. The van der Waals surface area contributed by atoms with E-state index in [9.17, 15) is 0 Å². The fourth-order valence-corrected chi connectivity index (χ4v) is 3.41. The first kappa shape index (κ1) is 11.2. The third-order valence-corrected chi connectivity index (χ3v) is 4.32. The van der Waals surface area contributed by atoms with Gasteiger partial charge in [-0.2, -0.15) is 11.8 Å². The van der Waals surface area contributed by atoms with E-state index in [2.05, 4.69) is 11.4 Å². The molecule has 1 aromatic rings. The first-order valence-electron chi connectivity index (χ1n) is 6.12. The Morgan fingerprint density at radius 2 is 2.24 bits per heavy atom. The SMILES string of the molecule is c1cc(CNC2CCSC2)c2c(c1)OCCO2. The van der Waals surface area contributed by atoms with E-state index in [1.807, 2.05) is 23.9 Å². The number of para-hydroxylation sites is 1. The van der Waals surface area contributed by atoms with Crippen LogP contribution in [-0.2, 0) is 6.54 Å². The number of hydrogen-bond donors (Lipinski definition) is 1. The standard InChI is InChI=1S/C13H17NO2S/c1-2-10(8-14-11-4-7-17-9-11)13-12(3-1)15-5-6-16-13/h1-3,11,14H,4-9H2. The molecule has 1 saturated heterocycles. The van der Waals surface area contributed by atoms with Crippen LogP contribution in [0.5, 0.6) is 11.5 Å². The third-order valence-electron chi connectivity index (χ3n) is 3.16. The van der Waals surface area contributed by atoms with Crippen LogP contribution in [-0.4, -0.2) is 30.8 Å². The summed E-state index contributed by atoms with van der Waals surface area (Å²) in [6, 6.07) is 6.78. The molecule has 0 saturated carbocycles. The molecule has 1 fully saturated rings. The summed E-state index contributed by atoms with van der Waals surface area (Å²) in [6.45, 7) is 2.18. The Hall–Kier alpha value is -0.870. The van der Waals surface area contributed by atoms with Crippen molar-refractivity contribution in [1.82, 2.24) is 5.32 Å². The molecule has 0 aliphatic carbocycles. The summed E-state index contributed by atoms with van der Waals surface area (Å²) in [6.07, 6.45) is 1.27. The Labute approximate surface area is 106 Å². The van der Waals surface area contributed by atoms with E-state index >= 15 is 0 Å². The van der Waals surface area contributed by atoms with Gasteiger partial charge in [0.1, 0.15) is 13.2 Å². The van der Waals surface area contributed by atoms with Crippen LogP contribution in [0.3, 0.4) is 0 Å². The molecule has 1 aromatic carbocycles. The minimum absolute atomic E-state index is 0.653. The number of thioether (sulfide) groups is 1. The summed E-state index contributed by atoms with van der Waals surface area (Å²) in [5, 5.41) is 3.59. The van der Waals surface area contributed by atoms with Crippen LogP contribution in [0.2, 0.25) is 0 Å². The van der Waals surface area contributed by atoms with Crippen molar-refractivity contribution in [2.75, 3.05) is 24.7 Å². The molecule has 2 aliphatic rings. The van der Waals surface area contributed by atoms with Gasteiger partial charge in [-0.15, -0.1) is 0 Å². The first-order chi connectivity index (χ1) is 8.43. The number of hydrogen-bond acceptors (Lipinski definition) is 4. The van der Waals surface area contributed by atoms with Crippen molar-refractivity contribution in [3.05, 3.63) is 23.8 Å². The van der Waals surface area contributed by atoms with Gasteiger partial charge >= 0.3 is 0 Å². The fourth-order valence-electron chi connectivity index (χ4n) is 2.22. The van der Waals surface area contributed by atoms with Crippen LogP contribution >= 0.6 is 11.8 Å². The predicted octanol–water partition coefficient (Wildman–Crippen LogP) is 2.05. The molecule has 0 spiro atoms. The monoisotopic (exact) mass is 251 g/mol. The molecule has 0 aromatic heterocycles. The Morgan fingerprint density at radius 1 is 1.29 bits per heavy atom. The summed E-state index contributed by atoms with van der Waals surface area (Å²) >= 11 is 2.03. The van der Waals surface area contributed by atoms with E-state index in [0.29, 0.717) is 19.3 Å². The zero-order valence-electron chi connectivity index (χ0n) is 9.78. The smallest absolute Gasteiger partial charge is 0.165 e. The van der Waals surface area contributed by atoms with Crippen molar-refractivity contribution >= 4 is 11.8 Å². The van der Waals surface area contributed by atoms with Gasteiger partial charge in [-0.1, -0.05) is 12.1 Å². The fraction of sp³-hybridized carbons (Fsp3) is 0.538. The number of rotatable bonds is 3. The van der Waals surface area contributed by atoms with E-state index in [1.165, 1.54) is 23.5 Å². The number of nitrogens with one attached hydrogen (secondary N) is 1. The molecule has 0 radical (unpaired) electrons. The van der Waals surface area contributed by atoms with Crippen molar-refractivity contribution in [3.63, 3.8) is 0 Å². The normalized spacial score (nSPS) is 22.7. The van der Waals surface area contributed by atoms with E-state index in [-0.39, 0.29) is 0 Å². The highest BCUT2D eigenvalue weighted by molar-refractivity contribution is 7.99. The summed E-state index contributed by atoms with van der Waals surface area (Å²) < 4.78 is 11.3. The zero-order chi connectivity index (χ0) is 11.5. The van der Waals surface area contributed by atoms with Crippen molar-refractivity contribution in [2.45, 2.75) is 19.0 Å². The van der Waals surface area contributed by atoms with E-state index in [0.717, 1.165) is 18.0 Å². The lowest BCUT2D eigenvalue weighted by molar-refractivity contribution is 0.169. The molecule has 1 atom stereocenters. The number of benzene rings is 1. The molecule has 0 bridgehead atoms. The number of ether oxygens (including phenoxy) is 2. The van der Waals surface area contributed by atoms with Gasteiger partial charge in [-0.05, 0) is 18.2 Å². The molecule has 3 nitrogen and oxygen atoms in total. The van der Waals surface area contributed by atoms with Gasteiger partial charge in [0.2, 0.25) is 0 Å². The van der Waals surface area contributed by atoms with Crippen LogP contribution in [0.1, 0.15) is 12.0 Å². The molecule has 0 amide bonds. The second kappa shape index (κ2) is 5.19.